The van der Waals surface area contributed by atoms with Crippen molar-refractivity contribution in [3.63, 3.8) is 0 Å². The maximum atomic E-state index is 12.4. The number of hydrogen-bond acceptors (Lipinski definition) is 4. The number of pyridine rings is 1. The standard InChI is InChI=1S/C13H14BrN3O2S/c1-2-15-13-12(4-3-9-16-13)20(18,19)17-11-7-5-10(14)6-8-11/h3-9,17H,2H2,1H3,(H,15,16). The Morgan fingerprint density at radius 2 is 1.90 bits per heavy atom. The van der Waals surface area contributed by atoms with Crippen LogP contribution in [0.1, 0.15) is 6.92 Å². The molecular formula is C13H14BrN3O2S. The van der Waals surface area contributed by atoms with Gasteiger partial charge in [0.15, 0.2) is 0 Å². The lowest BCUT2D eigenvalue weighted by molar-refractivity contribution is 0.601. The van der Waals surface area contributed by atoms with Gasteiger partial charge >= 0.3 is 0 Å². The van der Waals surface area contributed by atoms with Crippen molar-refractivity contribution in [3.05, 3.63) is 47.1 Å². The van der Waals surface area contributed by atoms with Crippen molar-refractivity contribution in [2.45, 2.75) is 11.8 Å². The van der Waals surface area contributed by atoms with Gasteiger partial charge in [-0.25, -0.2) is 13.4 Å². The summed E-state index contributed by atoms with van der Waals surface area (Å²) in [6, 6.07) is 10.0. The number of aromatic nitrogens is 1. The minimum absolute atomic E-state index is 0.129. The monoisotopic (exact) mass is 355 g/mol. The van der Waals surface area contributed by atoms with Gasteiger partial charge in [-0.2, -0.15) is 0 Å². The molecule has 2 aromatic rings. The highest BCUT2D eigenvalue weighted by atomic mass is 79.9. The second-order valence-electron chi connectivity index (χ2n) is 3.99. The molecule has 0 aliphatic rings. The molecule has 0 unspecified atom stereocenters. The SMILES string of the molecule is CCNc1ncccc1S(=O)(=O)Nc1ccc(Br)cc1. The van der Waals surface area contributed by atoms with Gasteiger partial charge in [0.25, 0.3) is 10.0 Å². The third kappa shape index (κ3) is 3.49. The van der Waals surface area contributed by atoms with E-state index in [0.29, 0.717) is 18.1 Å². The van der Waals surface area contributed by atoms with Crippen molar-refractivity contribution in [3.8, 4) is 0 Å². The molecule has 1 heterocycles. The molecule has 106 valence electrons. The van der Waals surface area contributed by atoms with E-state index in [1.807, 2.05) is 6.92 Å². The van der Waals surface area contributed by atoms with Crippen LogP contribution in [0, 0.1) is 0 Å². The van der Waals surface area contributed by atoms with Crippen LogP contribution in [-0.2, 0) is 10.0 Å². The van der Waals surface area contributed by atoms with Crippen LogP contribution in [0.4, 0.5) is 11.5 Å². The highest BCUT2D eigenvalue weighted by molar-refractivity contribution is 9.10. The zero-order valence-electron chi connectivity index (χ0n) is 10.8. The fourth-order valence-electron chi connectivity index (χ4n) is 1.64. The third-order valence-corrected chi connectivity index (χ3v) is 4.44. The summed E-state index contributed by atoms with van der Waals surface area (Å²) in [6.45, 7) is 2.48. The van der Waals surface area contributed by atoms with Crippen LogP contribution in [0.15, 0.2) is 52.0 Å². The molecule has 5 nitrogen and oxygen atoms in total. The maximum absolute atomic E-state index is 12.4. The van der Waals surface area contributed by atoms with E-state index in [4.69, 9.17) is 0 Å². The van der Waals surface area contributed by atoms with E-state index in [1.54, 1.807) is 36.5 Å². The van der Waals surface area contributed by atoms with Crippen LogP contribution in [0.3, 0.4) is 0 Å². The Kier molecular flexibility index (Phi) is 4.61. The van der Waals surface area contributed by atoms with Crippen LogP contribution in [0.5, 0.6) is 0 Å². The Labute approximate surface area is 126 Å². The number of halogens is 1. The predicted molar refractivity (Wildman–Crippen MR) is 83.4 cm³/mol. The Morgan fingerprint density at radius 3 is 2.55 bits per heavy atom. The van der Waals surface area contributed by atoms with E-state index in [1.165, 1.54) is 6.07 Å². The van der Waals surface area contributed by atoms with Gasteiger partial charge in [-0.3, -0.25) is 4.72 Å². The van der Waals surface area contributed by atoms with Gasteiger partial charge in [0.05, 0.1) is 0 Å². The van der Waals surface area contributed by atoms with Gasteiger partial charge in [-0.1, -0.05) is 15.9 Å². The number of rotatable bonds is 5. The van der Waals surface area contributed by atoms with Gasteiger partial charge in [0, 0.05) is 22.9 Å². The van der Waals surface area contributed by atoms with Crippen LogP contribution in [0.25, 0.3) is 0 Å². The first-order valence-corrected chi connectivity index (χ1v) is 8.28. The fourth-order valence-corrected chi connectivity index (χ4v) is 3.09. The molecule has 0 radical (unpaired) electrons. The minimum atomic E-state index is -3.67. The highest BCUT2D eigenvalue weighted by Gasteiger charge is 2.19. The molecule has 2 rings (SSSR count). The molecule has 2 N–H and O–H groups in total. The Hall–Kier alpha value is -1.60. The van der Waals surface area contributed by atoms with Crippen molar-refractivity contribution in [2.24, 2.45) is 0 Å². The van der Waals surface area contributed by atoms with Crippen molar-refractivity contribution < 1.29 is 8.42 Å². The molecule has 1 aromatic carbocycles. The second-order valence-corrected chi connectivity index (χ2v) is 6.56. The van der Waals surface area contributed by atoms with Crippen LogP contribution in [0.2, 0.25) is 0 Å². The van der Waals surface area contributed by atoms with Gasteiger partial charge in [0.2, 0.25) is 0 Å². The van der Waals surface area contributed by atoms with Gasteiger partial charge in [-0.05, 0) is 43.3 Å². The number of sulfonamides is 1. The predicted octanol–water partition coefficient (Wildman–Crippen LogP) is 3.08. The molecule has 1 aromatic heterocycles. The van der Waals surface area contributed by atoms with Gasteiger partial charge < -0.3 is 5.32 Å². The molecule has 0 spiro atoms. The lowest BCUT2D eigenvalue weighted by atomic mass is 10.3. The van der Waals surface area contributed by atoms with E-state index in [2.05, 4.69) is 31.0 Å². The average Bonchev–Trinajstić information content (AvgIpc) is 2.42. The molecule has 0 bridgehead atoms. The largest absolute Gasteiger partial charge is 0.369 e. The first-order valence-electron chi connectivity index (χ1n) is 6.00. The molecule has 0 atom stereocenters. The lowest BCUT2D eigenvalue weighted by Gasteiger charge is -2.12. The molecule has 0 fully saturated rings. The van der Waals surface area contributed by atoms with Crippen molar-refractivity contribution in [1.82, 2.24) is 4.98 Å². The lowest BCUT2D eigenvalue weighted by Crippen LogP contribution is -2.16. The maximum Gasteiger partial charge on any atom is 0.265 e. The Morgan fingerprint density at radius 1 is 1.20 bits per heavy atom. The summed E-state index contributed by atoms with van der Waals surface area (Å²) in [7, 11) is -3.67. The number of hydrogen-bond donors (Lipinski definition) is 2. The summed E-state index contributed by atoms with van der Waals surface area (Å²) < 4.78 is 28.2. The quantitative estimate of drug-likeness (QED) is 0.864. The fraction of sp³-hybridized carbons (Fsp3) is 0.154. The smallest absolute Gasteiger partial charge is 0.265 e. The van der Waals surface area contributed by atoms with Gasteiger partial charge in [0.1, 0.15) is 10.7 Å². The van der Waals surface area contributed by atoms with E-state index in [-0.39, 0.29) is 4.90 Å². The van der Waals surface area contributed by atoms with Gasteiger partial charge in [-0.15, -0.1) is 0 Å². The molecule has 20 heavy (non-hydrogen) atoms. The first kappa shape index (κ1) is 14.8. The van der Waals surface area contributed by atoms with E-state index < -0.39 is 10.0 Å². The normalized spacial score (nSPS) is 11.1. The van der Waals surface area contributed by atoms with Crippen molar-refractivity contribution in [2.75, 3.05) is 16.6 Å². The minimum Gasteiger partial charge on any atom is -0.369 e. The number of nitrogens with zero attached hydrogens (tertiary/aromatic N) is 1. The third-order valence-electron chi connectivity index (χ3n) is 2.50. The number of anilines is 2. The summed E-state index contributed by atoms with van der Waals surface area (Å²) in [5.74, 6) is 0.347. The number of benzene rings is 1. The summed E-state index contributed by atoms with van der Waals surface area (Å²) in [6.07, 6.45) is 1.55. The Balaban J connectivity index is 2.33. The molecular weight excluding hydrogens is 342 g/mol. The molecule has 0 saturated carbocycles. The molecule has 0 aliphatic heterocycles. The molecule has 0 saturated heterocycles. The van der Waals surface area contributed by atoms with Crippen molar-refractivity contribution >= 4 is 37.5 Å². The number of nitrogens with one attached hydrogen (secondary N) is 2. The average molecular weight is 356 g/mol. The van der Waals surface area contributed by atoms with Crippen molar-refractivity contribution in [1.29, 1.82) is 0 Å². The van der Waals surface area contributed by atoms with Crippen LogP contribution in [-0.4, -0.2) is 19.9 Å². The molecule has 0 amide bonds. The molecule has 0 aliphatic carbocycles. The summed E-state index contributed by atoms with van der Waals surface area (Å²) >= 11 is 3.30. The van der Waals surface area contributed by atoms with Crippen LogP contribution < -0.4 is 10.0 Å². The molecule has 7 heteroatoms. The van der Waals surface area contributed by atoms with E-state index >= 15 is 0 Å². The summed E-state index contributed by atoms with van der Waals surface area (Å²) in [5.41, 5.74) is 0.500. The second kappa shape index (κ2) is 6.23. The zero-order chi connectivity index (χ0) is 14.6. The topological polar surface area (TPSA) is 71.1 Å². The summed E-state index contributed by atoms with van der Waals surface area (Å²) in [4.78, 5) is 4.18. The first-order chi connectivity index (χ1) is 9.53. The Bertz CT molecular complexity index is 687. The highest BCUT2D eigenvalue weighted by Crippen LogP contribution is 2.22. The van der Waals surface area contributed by atoms with E-state index in [0.717, 1.165) is 4.47 Å². The van der Waals surface area contributed by atoms with E-state index in [9.17, 15) is 8.42 Å². The summed E-state index contributed by atoms with van der Waals surface area (Å²) in [5, 5.41) is 2.94. The van der Waals surface area contributed by atoms with Crippen LogP contribution >= 0.6 is 15.9 Å². The zero-order valence-corrected chi connectivity index (χ0v) is 13.2.